The van der Waals surface area contributed by atoms with E-state index in [2.05, 4.69) is 20.7 Å². The van der Waals surface area contributed by atoms with E-state index < -0.39 is 27.9 Å². The number of nitrogens with one attached hydrogen (secondary N) is 5. The minimum atomic E-state index is -3.70. The fraction of sp³-hybridized carbons (Fsp3) is 0.464. The normalized spacial score (nSPS) is 14.6. The van der Waals surface area contributed by atoms with E-state index in [1.54, 1.807) is 31.2 Å². The molecule has 5 N–H and O–H groups in total. The SMILES string of the molecule is CNS(=O)(=O)c1ccc(C)c(NC(=O)[C@H](CC2CCCCC2)NC(=N)NC(=O)Cc2ccc(OC)c(OC)c2)c1. The Morgan fingerprint density at radius 1 is 1.02 bits per heavy atom. The number of amides is 2. The number of carbonyl (C=O) groups excluding carboxylic acids is 2. The van der Waals surface area contributed by atoms with Crippen molar-refractivity contribution in [1.29, 1.82) is 5.41 Å². The van der Waals surface area contributed by atoms with Gasteiger partial charge in [0.15, 0.2) is 17.5 Å². The molecule has 1 atom stereocenters. The minimum Gasteiger partial charge on any atom is -0.493 e. The molecular formula is C28H39N5O6S. The lowest BCUT2D eigenvalue weighted by Crippen LogP contribution is -2.51. The van der Waals surface area contributed by atoms with Crippen LogP contribution >= 0.6 is 0 Å². The van der Waals surface area contributed by atoms with Gasteiger partial charge in [-0.25, -0.2) is 13.1 Å². The quantitative estimate of drug-likeness (QED) is 0.204. The third kappa shape index (κ3) is 8.43. The summed E-state index contributed by atoms with van der Waals surface area (Å²) in [7, 11) is 0.663. The van der Waals surface area contributed by atoms with E-state index >= 15 is 0 Å². The summed E-state index contributed by atoms with van der Waals surface area (Å²) in [6.45, 7) is 1.77. The number of sulfonamides is 1. The number of methoxy groups -OCH3 is 2. The summed E-state index contributed by atoms with van der Waals surface area (Å²) < 4.78 is 37.3. The largest absolute Gasteiger partial charge is 0.493 e. The zero-order valence-corrected chi connectivity index (χ0v) is 24.2. The molecule has 1 aliphatic carbocycles. The van der Waals surface area contributed by atoms with Crippen LogP contribution in [0.3, 0.4) is 0 Å². The van der Waals surface area contributed by atoms with Gasteiger partial charge in [-0.3, -0.25) is 20.3 Å². The number of rotatable bonds is 11. The van der Waals surface area contributed by atoms with E-state index in [9.17, 15) is 18.0 Å². The first-order valence-electron chi connectivity index (χ1n) is 13.3. The lowest BCUT2D eigenvalue weighted by molar-refractivity contribution is -0.120. The Kier molecular flexibility index (Phi) is 10.9. The summed E-state index contributed by atoms with van der Waals surface area (Å²) in [4.78, 5) is 26.2. The first-order chi connectivity index (χ1) is 19.1. The van der Waals surface area contributed by atoms with Crippen molar-refractivity contribution in [3.05, 3.63) is 47.5 Å². The summed E-state index contributed by atoms with van der Waals surface area (Å²) in [6, 6.07) is 8.84. The molecule has 0 spiro atoms. The second-order valence-electron chi connectivity index (χ2n) is 9.90. The molecule has 0 saturated heterocycles. The van der Waals surface area contributed by atoms with Gasteiger partial charge in [0.05, 0.1) is 25.5 Å². The second kappa shape index (κ2) is 14.1. The van der Waals surface area contributed by atoms with E-state index in [0.29, 0.717) is 40.7 Å². The van der Waals surface area contributed by atoms with Gasteiger partial charge in [-0.2, -0.15) is 0 Å². The van der Waals surface area contributed by atoms with E-state index in [0.717, 1.165) is 32.1 Å². The van der Waals surface area contributed by atoms with E-state index in [1.165, 1.54) is 33.4 Å². The van der Waals surface area contributed by atoms with Crippen molar-refractivity contribution >= 4 is 33.5 Å². The molecule has 12 heteroatoms. The molecule has 1 aliphatic rings. The molecule has 0 unspecified atom stereocenters. The predicted molar refractivity (Wildman–Crippen MR) is 153 cm³/mol. The molecular weight excluding hydrogens is 534 g/mol. The standard InChI is InChI=1S/C28H39N5O6S/c1-18-10-12-21(40(36,37)30-2)17-22(18)31-27(35)23(14-19-8-6-5-7-9-19)32-28(29)33-26(34)16-20-11-13-24(38-3)25(15-20)39-4/h10-13,15,17,19,23,30H,5-9,14,16H2,1-4H3,(H,31,35)(H3,29,32,33,34)/t23-/m0/s1. The number of hydrogen-bond acceptors (Lipinski definition) is 7. The summed E-state index contributed by atoms with van der Waals surface area (Å²) in [5, 5.41) is 16.6. The van der Waals surface area contributed by atoms with Crippen molar-refractivity contribution in [2.24, 2.45) is 5.92 Å². The molecule has 1 saturated carbocycles. The Labute approximate surface area is 236 Å². The Bertz CT molecular complexity index is 1320. The van der Waals surface area contributed by atoms with Crippen molar-refractivity contribution in [2.75, 3.05) is 26.6 Å². The van der Waals surface area contributed by atoms with Crippen LogP contribution in [0.2, 0.25) is 0 Å². The van der Waals surface area contributed by atoms with E-state index in [-0.39, 0.29) is 17.3 Å². The average Bonchev–Trinajstić information content (AvgIpc) is 2.94. The number of ether oxygens (including phenoxy) is 2. The van der Waals surface area contributed by atoms with Crippen LogP contribution in [0.1, 0.15) is 49.7 Å². The molecule has 0 heterocycles. The van der Waals surface area contributed by atoms with E-state index in [1.807, 2.05) is 0 Å². The van der Waals surface area contributed by atoms with Gasteiger partial charge in [-0.05, 0) is 61.7 Å². The highest BCUT2D eigenvalue weighted by Gasteiger charge is 2.26. The molecule has 1 fully saturated rings. The van der Waals surface area contributed by atoms with Gasteiger partial charge in [-0.15, -0.1) is 0 Å². The zero-order chi connectivity index (χ0) is 29.3. The summed E-state index contributed by atoms with van der Waals surface area (Å²) in [5.41, 5.74) is 1.73. The molecule has 2 amide bonds. The van der Waals surface area contributed by atoms with Gasteiger partial charge in [0.25, 0.3) is 0 Å². The van der Waals surface area contributed by atoms with Crippen molar-refractivity contribution in [1.82, 2.24) is 15.4 Å². The molecule has 0 radical (unpaired) electrons. The van der Waals surface area contributed by atoms with Crippen molar-refractivity contribution in [3.8, 4) is 11.5 Å². The highest BCUT2D eigenvalue weighted by Crippen LogP contribution is 2.29. The maximum Gasteiger partial charge on any atom is 0.246 e. The van der Waals surface area contributed by atoms with Crippen LogP contribution in [0.25, 0.3) is 0 Å². The zero-order valence-electron chi connectivity index (χ0n) is 23.4. The minimum absolute atomic E-state index is 0.00414. The van der Waals surface area contributed by atoms with Gasteiger partial charge in [-0.1, -0.05) is 44.2 Å². The highest BCUT2D eigenvalue weighted by atomic mass is 32.2. The van der Waals surface area contributed by atoms with Crippen molar-refractivity contribution in [3.63, 3.8) is 0 Å². The highest BCUT2D eigenvalue weighted by molar-refractivity contribution is 7.89. The number of hydrogen-bond donors (Lipinski definition) is 5. The molecule has 0 bridgehead atoms. The topological polar surface area (TPSA) is 159 Å². The Morgan fingerprint density at radius 3 is 2.38 bits per heavy atom. The van der Waals surface area contributed by atoms with Gasteiger partial charge in [0.1, 0.15) is 6.04 Å². The van der Waals surface area contributed by atoms with Crippen LogP contribution < -0.4 is 30.1 Å². The maximum absolute atomic E-state index is 13.4. The molecule has 2 aromatic carbocycles. The summed E-state index contributed by atoms with van der Waals surface area (Å²) >= 11 is 0. The third-order valence-corrected chi connectivity index (χ3v) is 8.46. The number of anilines is 1. The monoisotopic (exact) mass is 573 g/mol. The van der Waals surface area contributed by atoms with Gasteiger partial charge >= 0.3 is 0 Å². The lowest BCUT2D eigenvalue weighted by atomic mass is 9.84. The molecule has 3 rings (SSSR count). The van der Waals surface area contributed by atoms with Gasteiger partial charge < -0.3 is 20.1 Å². The van der Waals surface area contributed by atoms with Crippen LogP contribution in [-0.2, 0) is 26.0 Å². The van der Waals surface area contributed by atoms with Crippen LogP contribution in [-0.4, -0.2) is 53.5 Å². The van der Waals surface area contributed by atoms with Crippen molar-refractivity contribution in [2.45, 2.75) is 62.8 Å². The Balaban J connectivity index is 1.71. The van der Waals surface area contributed by atoms with Crippen LogP contribution in [0.15, 0.2) is 41.3 Å². The molecule has 40 heavy (non-hydrogen) atoms. The first kappa shape index (κ1) is 30.9. The van der Waals surface area contributed by atoms with Gasteiger partial charge in [0.2, 0.25) is 21.8 Å². The molecule has 0 aliphatic heterocycles. The van der Waals surface area contributed by atoms with Crippen LogP contribution in [0.4, 0.5) is 5.69 Å². The van der Waals surface area contributed by atoms with Gasteiger partial charge in [0, 0.05) is 5.69 Å². The smallest absolute Gasteiger partial charge is 0.246 e. The fourth-order valence-electron chi connectivity index (χ4n) is 4.80. The second-order valence-corrected chi connectivity index (χ2v) is 11.8. The van der Waals surface area contributed by atoms with Crippen LogP contribution in [0, 0.1) is 18.3 Å². The maximum atomic E-state index is 13.4. The number of carbonyl (C=O) groups is 2. The molecule has 2 aromatic rings. The first-order valence-corrected chi connectivity index (χ1v) is 14.8. The fourth-order valence-corrected chi connectivity index (χ4v) is 5.55. The lowest BCUT2D eigenvalue weighted by Gasteiger charge is -2.27. The predicted octanol–water partition coefficient (Wildman–Crippen LogP) is 3.08. The molecule has 11 nitrogen and oxygen atoms in total. The number of aryl methyl sites for hydroxylation is 1. The van der Waals surface area contributed by atoms with Crippen LogP contribution in [0.5, 0.6) is 11.5 Å². The molecule has 0 aromatic heterocycles. The van der Waals surface area contributed by atoms with E-state index in [4.69, 9.17) is 14.9 Å². The Morgan fingerprint density at radius 2 is 1.73 bits per heavy atom. The number of benzene rings is 2. The van der Waals surface area contributed by atoms with Crippen molar-refractivity contribution < 1.29 is 27.5 Å². The molecule has 218 valence electrons. The number of guanidine groups is 1. The third-order valence-electron chi connectivity index (χ3n) is 7.05. The summed E-state index contributed by atoms with van der Waals surface area (Å²) in [5.74, 6) is 0.206. The summed E-state index contributed by atoms with van der Waals surface area (Å²) in [6.07, 6.45) is 5.78. The average molecular weight is 574 g/mol. The Hall–Kier alpha value is -3.64.